The van der Waals surface area contributed by atoms with Crippen LogP contribution in [0.4, 0.5) is 4.39 Å². The molecule has 2 saturated heterocycles. The molecule has 1 aromatic rings. The van der Waals surface area contributed by atoms with Crippen LogP contribution in [-0.4, -0.2) is 53.9 Å². The van der Waals surface area contributed by atoms with Crippen molar-refractivity contribution in [3.63, 3.8) is 0 Å². The quantitative estimate of drug-likeness (QED) is 0.782. The minimum Gasteiger partial charge on any atom is -0.478 e. The summed E-state index contributed by atoms with van der Waals surface area (Å²) in [6, 6.07) is 4.86. The molecule has 2 aliphatic heterocycles. The van der Waals surface area contributed by atoms with Crippen molar-refractivity contribution in [2.75, 3.05) is 20.1 Å². The molecule has 1 aromatic carbocycles. The second kappa shape index (κ2) is 5.35. The van der Waals surface area contributed by atoms with Crippen molar-refractivity contribution in [2.45, 2.75) is 25.0 Å². The molecule has 0 aliphatic carbocycles. The van der Waals surface area contributed by atoms with E-state index < -0.39 is 12.1 Å². The molecule has 112 valence electrons. The zero-order valence-electron chi connectivity index (χ0n) is 11.8. The molecule has 3 rings (SSSR count). The number of likely N-dealkylation sites (N-methyl/N-ethyl adjacent to an activating group) is 1. The van der Waals surface area contributed by atoms with Gasteiger partial charge in [0, 0.05) is 20.1 Å². The van der Waals surface area contributed by atoms with E-state index in [4.69, 9.17) is 4.74 Å². The zero-order valence-corrected chi connectivity index (χ0v) is 11.8. The van der Waals surface area contributed by atoms with Crippen LogP contribution in [0.15, 0.2) is 24.3 Å². The number of carbonyl (C=O) groups is 2. The first-order chi connectivity index (χ1) is 10.1. The first-order valence-electron chi connectivity index (χ1n) is 7.05. The van der Waals surface area contributed by atoms with Gasteiger partial charge in [-0.3, -0.25) is 9.59 Å². The highest BCUT2D eigenvalue weighted by Gasteiger charge is 2.52. The van der Waals surface area contributed by atoms with E-state index in [1.54, 1.807) is 11.9 Å². The van der Waals surface area contributed by atoms with Gasteiger partial charge in [0.2, 0.25) is 12.0 Å². The molecule has 0 radical (unpaired) electrons. The molecular formula is C15H17FN2O3. The maximum Gasteiger partial charge on any atom is 0.266 e. The molecule has 2 fully saturated rings. The molecule has 0 unspecified atom stereocenters. The Morgan fingerprint density at radius 2 is 1.86 bits per heavy atom. The number of halogens is 1. The van der Waals surface area contributed by atoms with Crippen LogP contribution in [0.5, 0.6) is 5.75 Å². The highest BCUT2D eigenvalue weighted by Crippen LogP contribution is 2.27. The summed E-state index contributed by atoms with van der Waals surface area (Å²) in [6.45, 7) is 1.47. The molecule has 0 saturated carbocycles. The highest BCUT2D eigenvalue weighted by atomic mass is 19.1. The van der Waals surface area contributed by atoms with Crippen LogP contribution in [-0.2, 0) is 9.59 Å². The first kappa shape index (κ1) is 13.9. The van der Waals surface area contributed by atoms with E-state index in [-0.39, 0.29) is 17.6 Å². The number of likely N-dealkylation sites (tertiary alicyclic amines) is 2. The van der Waals surface area contributed by atoms with Gasteiger partial charge in [-0.2, -0.15) is 0 Å². The summed E-state index contributed by atoms with van der Waals surface area (Å²) in [6.07, 6.45) is 1.19. The van der Waals surface area contributed by atoms with E-state index in [2.05, 4.69) is 0 Å². The fourth-order valence-electron chi connectivity index (χ4n) is 2.79. The van der Waals surface area contributed by atoms with Crippen molar-refractivity contribution in [2.24, 2.45) is 0 Å². The van der Waals surface area contributed by atoms with Gasteiger partial charge in [0.15, 0.2) is 6.04 Å². The summed E-state index contributed by atoms with van der Waals surface area (Å²) in [5, 5.41) is 0. The third-order valence-corrected chi connectivity index (χ3v) is 4.04. The Bertz CT molecular complexity index is 555. The predicted molar refractivity (Wildman–Crippen MR) is 73.2 cm³/mol. The van der Waals surface area contributed by atoms with Gasteiger partial charge in [0.25, 0.3) is 5.91 Å². The third kappa shape index (κ3) is 2.46. The standard InChI is InChI=1S/C15H17FN2O3/c1-17-12(14(19)18-8-2-3-9-18)13(15(17)20)21-11-6-4-10(16)5-7-11/h4-7,12-13H,2-3,8-9H2,1H3/t12-,13-/m0/s1. The average molecular weight is 292 g/mol. The number of β-lactam (4-membered cyclic amide) rings is 1. The Labute approximate surface area is 122 Å². The summed E-state index contributed by atoms with van der Waals surface area (Å²) in [7, 11) is 1.60. The molecule has 6 heteroatoms. The van der Waals surface area contributed by atoms with Crippen LogP contribution < -0.4 is 4.74 Å². The molecule has 0 spiro atoms. The first-order valence-corrected chi connectivity index (χ1v) is 7.05. The maximum absolute atomic E-state index is 12.9. The smallest absolute Gasteiger partial charge is 0.266 e. The van der Waals surface area contributed by atoms with Crippen molar-refractivity contribution in [1.29, 1.82) is 0 Å². The fraction of sp³-hybridized carbons (Fsp3) is 0.467. The normalized spacial score (nSPS) is 25.0. The van der Waals surface area contributed by atoms with Gasteiger partial charge in [-0.15, -0.1) is 0 Å². The van der Waals surface area contributed by atoms with E-state index in [0.29, 0.717) is 5.75 Å². The van der Waals surface area contributed by atoms with E-state index in [1.807, 2.05) is 0 Å². The topological polar surface area (TPSA) is 49.9 Å². The average Bonchev–Trinajstić information content (AvgIpc) is 3.02. The van der Waals surface area contributed by atoms with Gasteiger partial charge >= 0.3 is 0 Å². The van der Waals surface area contributed by atoms with Crippen molar-refractivity contribution in [3.8, 4) is 5.75 Å². The summed E-state index contributed by atoms with van der Waals surface area (Å²) >= 11 is 0. The number of hydrogen-bond acceptors (Lipinski definition) is 3. The van der Waals surface area contributed by atoms with Gasteiger partial charge in [-0.25, -0.2) is 4.39 Å². The molecule has 21 heavy (non-hydrogen) atoms. The molecule has 0 aromatic heterocycles. The number of amides is 2. The molecule has 0 bridgehead atoms. The second-order valence-electron chi connectivity index (χ2n) is 5.42. The molecule has 0 N–H and O–H groups in total. The number of hydrogen-bond donors (Lipinski definition) is 0. The lowest BCUT2D eigenvalue weighted by Crippen LogP contribution is -2.70. The molecule has 2 aliphatic rings. The minimum absolute atomic E-state index is 0.0679. The third-order valence-electron chi connectivity index (χ3n) is 4.04. The van der Waals surface area contributed by atoms with Gasteiger partial charge in [-0.05, 0) is 37.1 Å². The Morgan fingerprint density at radius 1 is 1.24 bits per heavy atom. The summed E-state index contributed by atoms with van der Waals surface area (Å²) in [5.41, 5.74) is 0. The summed E-state index contributed by atoms with van der Waals surface area (Å²) in [5.74, 6) is -0.273. The monoisotopic (exact) mass is 292 g/mol. The lowest BCUT2D eigenvalue weighted by Gasteiger charge is -2.44. The largest absolute Gasteiger partial charge is 0.478 e. The molecule has 2 amide bonds. The molecule has 2 heterocycles. The Balaban J connectivity index is 1.72. The number of nitrogens with zero attached hydrogens (tertiary/aromatic N) is 2. The maximum atomic E-state index is 12.9. The highest BCUT2D eigenvalue weighted by molar-refractivity contribution is 6.01. The number of rotatable bonds is 3. The second-order valence-corrected chi connectivity index (χ2v) is 5.42. The van der Waals surface area contributed by atoms with Crippen molar-refractivity contribution in [3.05, 3.63) is 30.1 Å². The number of benzene rings is 1. The van der Waals surface area contributed by atoms with Crippen molar-refractivity contribution in [1.82, 2.24) is 9.80 Å². The summed E-state index contributed by atoms with van der Waals surface area (Å²) < 4.78 is 18.5. The number of carbonyl (C=O) groups excluding carboxylic acids is 2. The number of ether oxygens (including phenoxy) is 1. The molecule has 5 nitrogen and oxygen atoms in total. The van der Waals surface area contributed by atoms with Crippen molar-refractivity contribution >= 4 is 11.8 Å². The summed E-state index contributed by atoms with van der Waals surface area (Å²) in [4.78, 5) is 27.5. The fourth-order valence-corrected chi connectivity index (χ4v) is 2.79. The van der Waals surface area contributed by atoms with Gasteiger partial charge in [0.05, 0.1) is 0 Å². The molecule has 2 atom stereocenters. The van der Waals surface area contributed by atoms with Crippen LogP contribution in [0.1, 0.15) is 12.8 Å². The lowest BCUT2D eigenvalue weighted by atomic mass is 9.97. The zero-order chi connectivity index (χ0) is 15.0. The van der Waals surface area contributed by atoms with Gasteiger partial charge in [0.1, 0.15) is 11.6 Å². The van der Waals surface area contributed by atoms with E-state index in [9.17, 15) is 14.0 Å². The van der Waals surface area contributed by atoms with Crippen LogP contribution in [0, 0.1) is 5.82 Å². The van der Waals surface area contributed by atoms with Crippen LogP contribution in [0.2, 0.25) is 0 Å². The Morgan fingerprint density at radius 3 is 2.48 bits per heavy atom. The SMILES string of the molecule is CN1C(=O)[C@@H](Oc2ccc(F)cc2)[C@H]1C(=O)N1CCCC1. The Kier molecular flexibility index (Phi) is 3.53. The minimum atomic E-state index is -0.812. The van der Waals surface area contributed by atoms with Crippen molar-refractivity contribution < 1.29 is 18.7 Å². The van der Waals surface area contributed by atoms with Gasteiger partial charge in [-0.1, -0.05) is 0 Å². The Hall–Kier alpha value is -2.11. The predicted octanol–water partition coefficient (Wildman–Crippen LogP) is 1.04. The lowest BCUT2D eigenvalue weighted by molar-refractivity contribution is -0.170. The van der Waals surface area contributed by atoms with E-state index >= 15 is 0 Å². The van der Waals surface area contributed by atoms with E-state index in [0.717, 1.165) is 25.9 Å². The van der Waals surface area contributed by atoms with Gasteiger partial charge < -0.3 is 14.5 Å². The van der Waals surface area contributed by atoms with Crippen LogP contribution >= 0.6 is 0 Å². The van der Waals surface area contributed by atoms with Crippen LogP contribution in [0.25, 0.3) is 0 Å². The molecular weight excluding hydrogens is 275 g/mol. The van der Waals surface area contributed by atoms with Crippen LogP contribution in [0.3, 0.4) is 0 Å². The van der Waals surface area contributed by atoms with E-state index in [1.165, 1.54) is 29.2 Å².